The molecule has 3 aromatic carbocycles. The Labute approximate surface area is 164 Å². The summed E-state index contributed by atoms with van der Waals surface area (Å²) in [7, 11) is 1.57. The van der Waals surface area contributed by atoms with Gasteiger partial charge in [-0.15, -0.1) is 0 Å². The van der Waals surface area contributed by atoms with Crippen molar-refractivity contribution in [2.24, 2.45) is 0 Å². The molecule has 0 aliphatic carbocycles. The Morgan fingerprint density at radius 3 is 2.73 bits per heavy atom. The maximum atomic E-state index is 13.1. The Morgan fingerprint density at radius 1 is 1.12 bits per heavy atom. The van der Waals surface area contributed by atoms with Gasteiger partial charge >= 0.3 is 0 Å². The molecule has 0 saturated carbocycles. The molecular weight excluding hydrogens is 414 g/mol. The molecule has 1 aromatic heterocycles. The zero-order valence-electron chi connectivity index (χ0n) is 13.9. The van der Waals surface area contributed by atoms with Crippen molar-refractivity contribution in [3.8, 4) is 5.75 Å². The minimum absolute atomic E-state index is 0.0316. The molecule has 0 aliphatic rings. The van der Waals surface area contributed by atoms with E-state index in [1.807, 2.05) is 30.3 Å². The van der Waals surface area contributed by atoms with Crippen molar-refractivity contribution >= 4 is 55.0 Å². The van der Waals surface area contributed by atoms with Gasteiger partial charge in [0.15, 0.2) is 5.78 Å². The van der Waals surface area contributed by atoms with Gasteiger partial charge in [-0.05, 0) is 29.1 Å². The van der Waals surface area contributed by atoms with E-state index in [2.05, 4.69) is 33.0 Å². The number of benzene rings is 3. The monoisotopic (exact) mass is 427 g/mol. The lowest BCUT2D eigenvalue weighted by molar-refractivity contribution is 0.0993. The molecule has 4 aromatic rings. The zero-order valence-corrected chi connectivity index (χ0v) is 16.3. The quantitative estimate of drug-likeness (QED) is 0.306. The lowest BCUT2D eigenvalue weighted by atomic mass is 10.00. The van der Waals surface area contributed by atoms with Gasteiger partial charge in [0.25, 0.3) is 0 Å². The second-order valence-corrected chi connectivity index (χ2v) is 7.41. The van der Waals surface area contributed by atoms with Gasteiger partial charge in [-0.3, -0.25) is 4.79 Å². The van der Waals surface area contributed by atoms with Crippen molar-refractivity contribution in [1.29, 1.82) is 0 Å². The van der Waals surface area contributed by atoms with Crippen LogP contribution in [0.2, 0.25) is 5.02 Å². The van der Waals surface area contributed by atoms with Gasteiger partial charge in [-0.2, -0.15) is 0 Å². The van der Waals surface area contributed by atoms with Gasteiger partial charge in [-0.25, -0.2) is 0 Å². The van der Waals surface area contributed by atoms with E-state index in [0.29, 0.717) is 16.3 Å². The van der Waals surface area contributed by atoms with Crippen molar-refractivity contribution in [2.75, 3.05) is 7.11 Å². The number of hydrogen-bond donors (Lipinski definition) is 1. The number of alkyl halides is 1. The summed E-state index contributed by atoms with van der Waals surface area (Å²) in [6.07, 6.45) is 1.77. The van der Waals surface area contributed by atoms with E-state index >= 15 is 0 Å². The molecule has 130 valence electrons. The molecule has 0 fully saturated rings. The Kier molecular flexibility index (Phi) is 4.47. The molecular formula is C21H15BrClNO2. The number of ether oxygens (including phenoxy) is 1. The second kappa shape index (κ2) is 6.78. The van der Waals surface area contributed by atoms with E-state index in [1.165, 1.54) is 0 Å². The minimum atomic E-state index is -0.513. The van der Waals surface area contributed by atoms with Crippen molar-refractivity contribution in [3.63, 3.8) is 0 Å². The van der Waals surface area contributed by atoms with Gasteiger partial charge in [0.2, 0.25) is 0 Å². The summed E-state index contributed by atoms with van der Waals surface area (Å²) in [6.45, 7) is 0. The van der Waals surface area contributed by atoms with Gasteiger partial charge in [0.1, 0.15) is 10.6 Å². The number of Topliss-reactive ketones (excluding diaryl/α,β-unsaturated/α-hetero) is 1. The highest BCUT2D eigenvalue weighted by molar-refractivity contribution is 9.09. The van der Waals surface area contributed by atoms with E-state index in [-0.39, 0.29) is 5.78 Å². The predicted octanol–water partition coefficient (Wildman–Crippen LogP) is 6.30. The Hall–Kier alpha value is -2.30. The number of rotatable bonds is 4. The average molecular weight is 429 g/mol. The van der Waals surface area contributed by atoms with Gasteiger partial charge in [0, 0.05) is 27.6 Å². The largest absolute Gasteiger partial charge is 0.497 e. The van der Waals surface area contributed by atoms with Crippen molar-refractivity contribution in [3.05, 3.63) is 76.9 Å². The first-order valence-corrected chi connectivity index (χ1v) is 9.39. The number of ketones is 1. The van der Waals surface area contributed by atoms with E-state index in [0.717, 1.165) is 27.2 Å². The molecule has 4 rings (SSSR count). The lowest BCUT2D eigenvalue weighted by Gasteiger charge is -2.11. The lowest BCUT2D eigenvalue weighted by Crippen LogP contribution is -2.07. The molecule has 0 amide bonds. The smallest absolute Gasteiger partial charge is 0.183 e. The molecule has 1 unspecified atom stereocenters. The van der Waals surface area contributed by atoms with Crippen LogP contribution in [0.4, 0.5) is 0 Å². The number of nitrogens with one attached hydrogen (secondary N) is 1. The summed E-state index contributed by atoms with van der Waals surface area (Å²) in [5.41, 5.74) is 2.37. The minimum Gasteiger partial charge on any atom is -0.497 e. The van der Waals surface area contributed by atoms with Gasteiger partial charge in [-0.1, -0.05) is 63.9 Å². The van der Waals surface area contributed by atoms with Gasteiger partial charge in [0.05, 0.1) is 12.6 Å². The summed E-state index contributed by atoms with van der Waals surface area (Å²) in [6, 6.07) is 17.4. The molecule has 5 heteroatoms. The Morgan fingerprint density at radius 2 is 1.92 bits per heavy atom. The number of carbonyl (C=O) groups excluding carboxylic acids is 1. The molecule has 0 saturated heterocycles. The first kappa shape index (κ1) is 17.1. The molecule has 1 heterocycles. The topological polar surface area (TPSA) is 42.1 Å². The SMILES string of the molecule is COc1cc(Cl)cc(C(Br)C(=O)c2c[nH]c3c2ccc2ccccc23)c1. The third-order valence-electron chi connectivity index (χ3n) is 4.50. The van der Waals surface area contributed by atoms with E-state index in [9.17, 15) is 4.79 Å². The summed E-state index contributed by atoms with van der Waals surface area (Å²) in [5.74, 6) is 0.588. The van der Waals surface area contributed by atoms with E-state index in [1.54, 1.807) is 25.4 Å². The van der Waals surface area contributed by atoms with E-state index in [4.69, 9.17) is 16.3 Å². The number of fused-ring (bicyclic) bond motifs is 3. The molecule has 0 bridgehead atoms. The molecule has 0 radical (unpaired) electrons. The number of aromatic nitrogens is 1. The van der Waals surface area contributed by atoms with Crippen molar-refractivity contribution in [2.45, 2.75) is 4.83 Å². The highest BCUT2D eigenvalue weighted by Crippen LogP contribution is 2.35. The third-order valence-corrected chi connectivity index (χ3v) is 5.66. The molecule has 1 atom stereocenters. The van der Waals surface area contributed by atoms with E-state index < -0.39 is 4.83 Å². The van der Waals surface area contributed by atoms with Crippen LogP contribution in [0.5, 0.6) is 5.75 Å². The van der Waals surface area contributed by atoms with Crippen molar-refractivity contribution in [1.82, 2.24) is 4.98 Å². The van der Waals surface area contributed by atoms with Crippen LogP contribution >= 0.6 is 27.5 Å². The fourth-order valence-corrected chi connectivity index (χ4v) is 3.96. The third kappa shape index (κ3) is 2.89. The summed E-state index contributed by atoms with van der Waals surface area (Å²) < 4.78 is 5.25. The van der Waals surface area contributed by atoms with Gasteiger partial charge < -0.3 is 9.72 Å². The number of methoxy groups -OCH3 is 1. The van der Waals surface area contributed by atoms with Crippen LogP contribution in [-0.4, -0.2) is 17.9 Å². The maximum Gasteiger partial charge on any atom is 0.183 e. The number of aromatic amines is 1. The summed E-state index contributed by atoms with van der Waals surface area (Å²) in [4.78, 5) is 15.9. The first-order chi connectivity index (χ1) is 12.6. The second-order valence-electron chi connectivity index (χ2n) is 6.06. The maximum absolute atomic E-state index is 13.1. The van der Waals surface area contributed by atoms with Crippen LogP contribution in [0.3, 0.4) is 0 Å². The van der Waals surface area contributed by atoms with Crippen LogP contribution < -0.4 is 4.74 Å². The molecule has 1 N–H and O–H groups in total. The first-order valence-electron chi connectivity index (χ1n) is 8.10. The fourth-order valence-electron chi connectivity index (χ4n) is 3.21. The average Bonchev–Trinajstić information content (AvgIpc) is 3.10. The number of hydrogen-bond acceptors (Lipinski definition) is 2. The van der Waals surface area contributed by atoms with Crippen LogP contribution in [0.15, 0.2) is 60.8 Å². The molecule has 3 nitrogen and oxygen atoms in total. The van der Waals surface area contributed by atoms with Crippen LogP contribution in [-0.2, 0) is 0 Å². The summed E-state index contributed by atoms with van der Waals surface area (Å²) >= 11 is 9.67. The molecule has 26 heavy (non-hydrogen) atoms. The van der Waals surface area contributed by atoms with Crippen LogP contribution in [0.1, 0.15) is 20.7 Å². The zero-order chi connectivity index (χ0) is 18.3. The molecule has 0 spiro atoms. The number of carbonyl (C=O) groups is 1. The summed E-state index contributed by atoms with van der Waals surface area (Å²) in [5, 5.41) is 3.67. The standard InChI is InChI=1S/C21H15BrClNO2/c1-26-15-9-13(8-14(23)10-15)19(22)21(25)18-11-24-20-16-5-3-2-4-12(16)6-7-17(18)20/h2-11,19,24H,1H3. The number of H-pyrrole nitrogens is 1. The highest BCUT2D eigenvalue weighted by atomic mass is 79.9. The fraction of sp³-hybridized carbons (Fsp3) is 0.0952. The van der Waals surface area contributed by atoms with Crippen molar-refractivity contribution < 1.29 is 9.53 Å². The Balaban J connectivity index is 1.79. The van der Waals surface area contributed by atoms with Crippen LogP contribution in [0.25, 0.3) is 21.7 Å². The molecule has 0 aliphatic heterocycles. The number of halogens is 2. The highest BCUT2D eigenvalue weighted by Gasteiger charge is 2.23. The van der Waals surface area contributed by atoms with Crippen LogP contribution in [0, 0.1) is 0 Å². The predicted molar refractivity (Wildman–Crippen MR) is 110 cm³/mol. The Bertz CT molecular complexity index is 1140. The normalized spacial score (nSPS) is 12.4.